The van der Waals surface area contributed by atoms with E-state index >= 15 is 0 Å². The monoisotopic (exact) mass is 260 g/mol. The summed E-state index contributed by atoms with van der Waals surface area (Å²) in [6.07, 6.45) is 5.11. The first kappa shape index (κ1) is 12.3. The van der Waals surface area contributed by atoms with Crippen LogP contribution in [0.5, 0.6) is 0 Å². The first-order valence-corrected chi connectivity index (χ1v) is 7.01. The first-order valence-electron chi connectivity index (χ1n) is 7.01. The maximum absolute atomic E-state index is 11.4. The van der Waals surface area contributed by atoms with Crippen LogP contribution in [0.3, 0.4) is 0 Å². The zero-order chi connectivity index (χ0) is 13.4. The Morgan fingerprint density at radius 3 is 2.26 bits per heavy atom. The number of rotatable bonds is 6. The fraction of sp³-hybridized carbons (Fsp3) is 0.533. The molecule has 1 aromatic rings. The van der Waals surface area contributed by atoms with Crippen molar-refractivity contribution in [1.82, 2.24) is 0 Å². The summed E-state index contributed by atoms with van der Waals surface area (Å²) in [6, 6.07) is 5.24. The summed E-state index contributed by atoms with van der Waals surface area (Å²) in [5.41, 5.74) is 7.39. The number of carbonyl (C=O) groups is 1. The van der Waals surface area contributed by atoms with E-state index in [9.17, 15) is 9.90 Å². The molecule has 0 aromatic heterocycles. The van der Waals surface area contributed by atoms with Crippen molar-refractivity contribution in [2.45, 2.75) is 25.7 Å². The summed E-state index contributed by atoms with van der Waals surface area (Å²) >= 11 is 0. The highest BCUT2D eigenvalue weighted by atomic mass is 16.4. The predicted molar refractivity (Wildman–Crippen MR) is 75.5 cm³/mol. The molecule has 4 heteroatoms. The van der Waals surface area contributed by atoms with Crippen LogP contribution in [0.4, 0.5) is 11.4 Å². The van der Waals surface area contributed by atoms with E-state index in [-0.39, 0.29) is 0 Å². The number of benzene rings is 1. The Balaban J connectivity index is 1.88. The molecule has 2 saturated carbocycles. The van der Waals surface area contributed by atoms with Crippen molar-refractivity contribution in [2.75, 3.05) is 23.7 Å². The van der Waals surface area contributed by atoms with E-state index in [4.69, 9.17) is 5.73 Å². The van der Waals surface area contributed by atoms with Crippen molar-refractivity contribution in [3.05, 3.63) is 23.8 Å². The summed E-state index contributed by atoms with van der Waals surface area (Å²) in [7, 11) is 0. The van der Waals surface area contributed by atoms with Gasteiger partial charge in [0.1, 0.15) is 0 Å². The van der Waals surface area contributed by atoms with E-state index < -0.39 is 5.97 Å². The first-order chi connectivity index (χ1) is 9.13. The standard InChI is InChI=1S/C15H20N2O2/c16-12-5-6-14(13(7-12)15(18)19)17(8-10-1-2-10)9-11-3-4-11/h5-7,10-11H,1-4,8-9,16H2,(H,18,19). The molecule has 0 unspecified atom stereocenters. The average Bonchev–Trinajstić information content (AvgIpc) is 3.23. The molecule has 19 heavy (non-hydrogen) atoms. The largest absolute Gasteiger partial charge is 0.478 e. The van der Waals surface area contributed by atoms with Crippen LogP contribution in [-0.2, 0) is 0 Å². The Hall–Kier alpha value is -1.71. The molecule has 3 rings (SSSR count). The molecule has 0 radical (unpaired) electrons. The van der Waals surface area contributed by atoms with Gasteiger partial charge in [0.15, 0.2) is 0 Å². The number of aromatic carboxylic acids is 1. The van der Waals surface area contributed by atoms with Crippen LogP contribution in [0, 0.1) is 11.8 Å². The summed E-state index contributed by atoms with van der Waals surface area (Å²) in [4.78, 5) is 13.7. The fourth-order valence-corrected chi connectivity index (χ4v) is 2.50. The molecule has 0 heterocycles. The second-order valence-corrected chi connectivity index (χ2v) is 5.87. The van der Waals surface area contributed by atoms with Crippen LogP contribution in [0.15, 0.2) is 18.2 Å². The van der Waals surface area contributed by atoms with Crippen LogP contribution in [0.25, 0.3) is 0 Å². The van der Waals surface area contributed by atoms with E-state index in [1.54, 1.807) is 12.1 Å². The van der Waals surface area contributed by atoms with Gasteiger partial charge in [0, 0.05) is 18.8 Å². The molecule has 0 amide bonds. The van der Waals surface area contributed by atoms with E-state index in [2.05, 4.69) is 4.90 Å². The van der Waals surface area contributed by atoms with Crippen LogP contribution < -0.4 is 10.6 Å². The number of anilines is 2. The number of carboxylic acid groups (broad SMARTS) is 1. The lowest BCUT2D eigenvalue weighted by Crippen LogP contribution is -2.29. The van der Waals surface area contributed by atoms with Crippen molar-refractivity contribution in [2.24, 2.45) is 11.8 Å². The van der Waals surface area contributed by atoms with Gasteiger partial charge < -0.3 is 15.7 Å². The van der Waals surface area contributed by atoms with E-state index in [1.807, 2.05) is 6.07 Å². The molecule has 1 aromatic carbocycles. The normalized spacial score (nSPS) is 18.3. The van der Waals surface area contributed by atoms with Gasteiger partial charge in [-0.05, 0) is 55.7 Å². The summed E-state index contributed by atoms with van der Waals surface area (Å²) in [5.74, 6) is 0.606. The minimum atomic E-state index is -0.890. The topological polar surface area (TPSA) is 66.6 Å². The number of nitrogen functional groups attached to an aromatic ring is 1. The van der Waals surface area contributed by atoms with Crippen molar-refractivity contribution in [3.8, 4) is 0 Å². The molecule has 0 aliphatic heterocycles. The van der Waals surface area contributed by atoms with Gasteiger partial charge in [-0.15, -0.1) is 0 Å². The number of nitrogens with two attached hydrogens (primary N) is 1. The van der Waals surface area contributed by atoms with Gasteiger partial charge in [-0.25, -0.2) is 4.79 Å². The maximum atomic E-state index is 11.4. The maximum Gasteiger partial charge on any atom is 0.337 e. The quantitative estimate of drug-likeness (QED) is 0.771. The predicted octanol–water partition coefficient (Wildman–Crippen LogP) is 2.59. The highest BCUT2D eigenvalue weighted by molar-refractivity contribution is 5.95. The molecular weight excluding hydrogens is 240 g/mol. The number of hydrogen-bond acceptors (Lipinski definition) is 3. The third-order valence-electron chi connectivity index (χ3n) is 3.94. The molecule has 2 aliphatic rings. The highest BCUT2D eigenvalue weighted by Crippen LogP contribution is 2.37. The van der Waals surface area contributed by atoms with Crippen molar-refractivity contribution in [1.29, 1.82) is 0 Å². The van der Waals surface area contributed by atoms with Gasteiger partial charge in [-0.2, -0.15) is 0 Å². The Kier molecular flexibility index (Phi) is 3.09. The molecule has 2 fully saturated rings. The molecular formula is C15H20N2O2. The third kappa shape index (κ3) is 3.00. The van der Waals surface area contributed by atoms with Gasteiger partial charge in [-0.3, -0.25) is 0 Å². The van der Waals surface area contributed by atoms with E-state index in [1.165, 1.54) is 25.7 Å². The van der Waals surface area contributed by atoms with Crippen molar-refractivity contribution in [3.63, 3.8) is 0 Å². The fourth-order valence-electron chi connectivity index (χ4n) is 2.50. The Morgan fingerprint density at radius 1 is 1.21 bits per heavy atom. The zero-order valence-corrected chi connectivity index (χ0v) is 11.0. The molecule has 0 atom stereocenters. The smallest absolute Gasteiger partial charge is 0.337 e. The summed E-state index contributed by atoms with van der Waals surface area (Å²) < 4.78 is 0. The second kappa shape index (κ2) is 4.76. The molecule has 102 valence electrons. The summed E-state index contributed by atoms with van der Waals surface area (Å²) in [5, 5.41) is 9.36. The molecule has 4 nitrogen and oxygen atoms in total. The van der Waals surface area contributed by atoms with Gasteiger partial charge in [-0.1, -0.05) is 0 Å². The Morgan fingerprint density at radius 2 is 1.79 bits per heavy atom. The van der Waals surface area contributed by atoms with E-state index in [0.717, 1.165) is 30.6 Å². The lowest BCUT2D eigenvalue weighted by atomic mass is 10.1. The molecule has 0 saturated heterocycles. The zero-order valence-electron chi connectivity index (χ0n) is 11.0. The summed E-state index contributed by atoms with van der Waals surface area (Å²) in [6.45, 7) is 1.97. The lowest BCUT2D eigenvalue weighted by molar-refractivity contribution is 0.0697. The third-order valence-corrected chi connectivity index (χ3v) is 3.94. The van der Waals surface area contributed by atoms with Gasteiger partial charge in [0.2, 0.25) is 0 Å². The van der Waals surface area contributed by atoms with E-state index in [0.29, 0.717) is 11.3 Å². The molecule has 0 bridgehead atoms. The van der Waals surface area contributed by atoms with Crippen LogP contribution >= 0.6 is 0 Å². The number of hydrogen-bond donors (Lipinski definition) is 2. The van der Waals surface area contributed by atoms with Gasteiger partial charge in [0.05, 0.1) is 11.3 Å². The minimum Gasteiger partial charge on any atom is -0.478 e. The average molecular weight is 260 g/mol. The molecule has 3 N–H and O–H groups in total. The molecule has 0 spiro atoms. The second-order valence-electron chi connectivity index (χ2n) is 5.87. The minimum absolute atomic E-state index is 0.335. The van der Waals surface area contributed by atoms with Crippen LogP contribution in [-0.4, -0.2) is 24.2 Å². The number of carboxylic acids is 1. The number of nitrogens with zero attached hydrogens (tertiary/aromatic N) is 1. The highest BCUT2D eigenvalue weighted by Gasteiger charge is 2.30. The Labute approximate surface area is 113 Å². The van der Waals surface area contributed by atoms with Crippen molar-refractivity contribution < 1.29 is 9.90 Å². The SMILES string of the molecule is Nc1ccc(N(CC2CC2)CC2CC2)c(C(=O)O)c1. The van der Waals surface area contributed by atoms with Crippen LogP contribution in [0.2, 0.25) is 0 Å². The molecule has 2 aliphatic carbocycles. The van der Waals surface area contributed by atoms with Gasteiger partial charge in [0.25, 0.3) is 0 Å². The van der Waals surface area contributed by atoms with Crippen molar-refractivity contribution >= 4 is 17.3 Å². The van der Waals surface area contributed by atoms with Crippen LogP contribution in [0.1, 0.15) is 36.0 Å². The van der Waals surface area contributed by atoms with Gasteiger partial charge >= 0.3 is 5.97 Å². The Bertz CT molecular complexity index is 479. The lowest BCUT2D eigenvalue weighted by Gasteiger charge is -2.26.